The van der Waals surface area contributed by atoms with Gasteiger partial charge in [0.2, 0.25) is 5.88 Å². The van der Waals surface area contributed by atoms with Gasteiger partial charge in [-0.3, -0.25) is 0 Å². The van der Waals surface area contributed by atoms with E-state index in [0.29, 0.717) is 19.1 Å². The van der Waals surface area contributed by atoms with Crippen LogP contribution in [0.25, 0.3) is 10.8 Å². The number of aryl methyl sites for hydroxylation is 1. The maximum absolute atomic E-state index is 5.84. The molecular formula is C16H19NO3. The molecule has 0 aliphatic carbocycles. The zero-order valence-electron chi connectivity index (χ0n) is 12.1. The highest BCUT2D eigenvalue weighted by atomic mass is 16.7. The fourth-order valence-electron chi connectivity index (χ4n) is 2.44. The lowest BCUT2D eigenvalue weighted by Gasteiger charge is -2.17. The Morgan fingerprint density at radius 2 is 2.05 bits per heavy atom. The maximum Gasteiger partial charge on any atom is 0.221 e. The van der Waals surface area contributed by atoms with E-state index in [9.17, 15) is 0 Å². The van der Waals surface area contributed by atoms with E-state index < -0.39 is 5.79 Å². The van der Waals surface area contributed by atoms with Crippen LogP contribution in [0.4, 0.5) is 0 Å². The van der Waals surface area contributed by atoms with Crippen molar-refractivity contribution in [2.75, 3.05) is 13.2 Å². The van der Waals surface area contributed by atoms with Crippen molar-refractivity contribution in [3.05, 3.63) is 36.0 Å². The van der Waals surface area contributed by atoms with Crippen LogP contribution >= 0.6 is 0 Å². The van der Waals surface area contributed by atoms with Crippen LogP contribution < -0.4 is 4.74 Å². The van der Waals surface area contributed by atoms with E-state index in [4.69, 9.17) is 14.2 Å². The molecule has 0 radical (unpaired) electrons. The lowest BCUT2D eigenvalue weighted by Crippen LogP contribution is -2.25. The Labute approximate surface area is 118 Å². The molecule has 0 amide bonds. The van der Waals surface area contributed by atoms with E-state index in [0.717, 1.165) is 10.9 Å². The summed E-state index contributed by atoms with van der Waals surface area (Å²) < 4.78 is 17.1. The first-order valence-corrected chi connectivity index (χ1v) is 6.84. The summed E-state index contributed by atoms with van der Waals surface area (Å²) in [5, 5.41) is 2.20. The number of ether oxygens (including phenoxy) is 3. The summed E-state index contributed by atoms with van der Waals surface area (Å²) in [7, 11) is 0. The van der Waals surface area contributed by atoms with Crippen molar-refractivity contribution >= 4 is 10.8 Å². The zero-order chi connectivity index (χ0) is 14.2. The Hall–Kier alpha value is -1.65. The van der Waals surface area contributed by atoms with Crippen LogP contribution in [0.1, 0.15) is 19.4 Å². The molecule has 1 fully saturated rings. The Balaban J connectivity index is 1.77. The molecule has 4 heteroatoms. The SMILES string of the molecule is Cc1cnc(OCC2COC(C)(C)O2)c2ccccc12. The van der Waals surface area contributed by atoms with Crippen molar-refractivity contribution < 1.29 is 14.2 Å². The molecule has 2 aromatic rings. The van der Waals surface area contributed by atoms with Gasteiger partial charge in [0.15, 0.2) is 5.79 Å². The third kappa shape index (κ3) is 2.62. The molecular weight excluding hydrogens is 254 g/mol. The summed E-state index contributed by atoms with van der Waals surface area (Å²) in [4.78, 5) is 4.39. The summed E-state index contributed by atoms with van der Waals surface area (Å²) >= 11 is 0. The molecule has 2 heterocycles. The van der Waals surface area contributed by atoms with E-state index in [1.54, 1.807) is 0 Å². The van der Waals surface area contributed by atoms with Crippen LogP contribution in [0.3, 0.4) is 0 Å². The fraction of sp³-hybridized carbons (Fsp3) is 0.438. The van der Waals surface area contributed by atoms with Crippen molar-refractivity contribution in [3.63, 3.8) is 0 Å². The van der Waals surface area contributed by atoms with Gasteiger partial charge in [-0.25, -0.2) is 4.98 Å². The molecule has 1 unspecified atom stereocenters. The minimum absolute atomic E-state index is 0.0492. The first kappa shape index (κ1) is 13.3. The monoisotopic (exact) mass is 273 g/mol. The summed E-state index contributed by atoms with van der Waals surface area (Å²) in [6.45, 7) is 6.87. The number of aromatic nitrogens is 1. The van der Waals surface area contributed by atoms with Crippen molar-refractivity contribution in [1.82, 2.24) is 4.98 Å². The normalized spacial score (nSPS) is 21.2. The number of fused-ring (bicyclic) bond motifs is 1. The number of nitrogens with zero attached hydrogens (tertiary/aromatic N) is 1. The highest BCUT2D eigenvalue weighted by molar-refractivity contribution is 5.89. The van der Waals surface area contributed by atoms with Crippen LogP contribution in [0, 0.1) is 6.92 Å². The first-order chi connectivity index (χ1) is 9.55. The molecule has 1 atom stereocenters. The largest absolute Gasteiger partial charge is 0.474 e. The number of rotatable bonds is 3. The third-order valence-corrected chi connectivity index (χ3v) is 3.43. The lowest BCUT2D eigenvalue weighted by molar-refractivity contribution is -0.141. The van der Waals surface area contributed by atoms with Crippen molar-refractivity contribution in [2.45, 2.75) is 32.7 Å². The molecule has 0 spiro atoms. The predicted molar refractivity (Wildman–Crippen MR) is 76.9 cm³/mol. The van der Waals surface area contributed by atoms with Gasteiger partial charge in [0, 0.05) is 11.6 Å². The third-order valence-electron chi connectivity index (χ3n) is 3.43. The van der Waals surface area contributed by atoms with Gasteiger partial charge in [0.1, 0.15) is 12.7 Å². The van der Waals surface area contributed by atoms with Gasteiger partial charge in [-0.15, -0.1) is 0 Å². The number of pyridine rings is 1. The van der Waals surface area contributed by atoms with Crippen molar-refractivity contribution in [2.24, 2.45) is 0 Å². The molecule has 4 nitrogen and oxygen atoms in total. The van der Waals surface area contributed by atoms with E-state index in [1.807, 2.05) is 38.2 Å². The van der Waals surface area contributed by atoms with Gasteiger partial charge in [0.05, 0.1) is 6.61 Å². The second-order valence-electron chi connectivity index (χ2n) is 5.55. The highest BCUT2D eigenvalue weighted by Gasteiger charge is 2.33. The first-order valence-electron chi connectivity index (χ1n) is 6.84. The van der Waals surface area contributed by atoms with E-state index >= 15 is 0 Å². The molecule has 1 saturated heterocycles. The van der Waals surface area contributed by atoms with Gasteiger partial charge < -0.3 is 14.2 Å². The molecule has 0 saturated carbocycles. The highest BCUT2D eigenvalue weighted by Crippen LogP contribution is 2.27. The molecule has 1 aliphatic heterocycles. The van der Waals surface area contributed by atoms with E-state index in [2.05, 4.69) is 18.0 Å². The standard InChI is InChI=1S/C16H19NO3/c1-11-8-17-15(14-7-5-4-6-13(11)14)18-9-12-10-19-16(2,3)20-12/h4-8,12H,9-10H2,1-3H3. The van der Waals surface area contributed by atoms with Gasteiger partial charge in [-0.05, 0) is 37.8 Å². The molecule has 20 heavy (non-hydrogen) atoms. The Kier molecular flexibility index (Phi) is 3.36. The fourth-order valence-corrected chi connectivity index (χ4v) is 2.44. The minimum Gasteiger partial charge on any atom is -0.474 e. The van der Waals surface area contributed by atoms with E-state index in [-0.39, 0.29) is 6.10 Å². The minimum atomic E-state index is -0.517. The second kappa shape index (κ2) is 5.04. The second-order valence-corrected chi connectivity index (χ2v) is 5.55. The van der Waals surface area contributed by atoms with Crippen LogP contribution in [-0.4, -0.2) is 30.1 Å². The molecule has 1 aromatic carbocycles. The van der Waals surface area contributed by atoms with Gasteiger partial charge in [-0.2, -0.15) is 0 Å². The molecule has 3 rings (SSSR count). The molecule has 0 bridgehead atoms. The van der Waals surface area contributed by atoms with Gasteiger partial charge in [-0.1, -0.05) is 18.2 Å². The maximum atomic E-state index is 5.84. The number of hydrogen-bond donors (Lipinski definition) is 0. The Bertz CT molecular complexity index is 624. The van der Waals surface area contributed by atoms with Crippen LogP contribution in [0.2, 0.25) is 0 Å². The number of benzene rings is 1. The molecule has 1 aromatic heterocycles. The Morgan fingerprint density at radius 3 is 2.75 bits per heavy atom. The van der Waals surface area contributed by atoms with Crippen molar-refractivity contribution in [1.29, 1.82) is 0 Å². The van der Waals surface area contributed by atoms with Crippen LogP contribution in [-0.2, 0) is 9.47 Å². The average molecular weight is 273 g/mol. The van der Waals surface area contributed by atoms with Gasteiger partial charge in [0.25, 0.3) is 0 Å². The molecule has 106 valence electrons. The summed E-state index contributed by atoms with van der Waals surface area (Å²) in [6, 6.07) is 8.13. The molecule has 0 N–H and O–H groups in total. The smallest absolute Gasteiger partial charge is 0.221 e. The zero-order valence-corrected chi connectivity index (χ0v) is 12.1. The Morgan fingerprint density at radius 1 is 1.30 bits per heavy atom. The number of hydrogen-bond acceptors (Lipinski definition) is 4. The van der Waals surface area contributed by atoms with Crippen LogP contribution in [0.15, 0.2) is 30.5 Å². The predicted octanol–water partition coefficient (Wildman–Crippen LogP) is 3.07. The topological polar surface area (TPSA) is 40.6 Å². The van der Waals surface area contributed by atoms with Crippen molar-refractivity contribution in [3.8, 4) is 5.88 Å². The molecule has 1 aliphatic rings. The quantitative estimate of drug-likeness (QED) is 0.861. The van der Waals surface area contributed by atoms with Crippen LogP contribution in [0.5, 0.6) is 5.88 Å². The summed E-state index contributed by atoms with van der Waals surface area (Å²) in [5.74, 6) is 0.135. The lowest BCUT2D eigenvalue weighted by atomic mass is 10.1. The summed E-state index contributed by atoms with van der Waals surface area (Å²) in [6.07, 6.45) is 1.79. The van der Waals surface area contributed by atoms with Gasteiger partial charge >= 0.3 is 0 Å². The average Bonchev–Trinajstić information content (AvgIpc) is 2.78. The summed E-state index contributed by atoms with van der Waals surface area (Å²) in [5.41, 5.74) is 1.15. The van der Waals surface area contributed by atoms with E-state index in [1.165, 1.54) is 5.39 Å².